The second-order valence-electron chi connectivity index (χ2n) is 8.18. The number of H-pyrrole nitrogens is 1. The summed E-state index contributed by atoms with van der Waals surface area (Å²) in [6.07, 6.45) is -3.03. The number of carbonyl (C=O) groups is 2. The van der Waals surface area contributed by atoms with Crippen molar-refractivity contribution >= 4 is 28.7 Å². The highest BCUT2D eigenvalue weighted by molar-refractivity contribution is 5.99. The first kappa shape index (κ1) is 23.5. The van der Waals surface area contributed by atoms with Crippen LogP contribution in [0.5, 0.6) is 0 Å². The Morgan fingerprint density at radius 2 is 1.91 bits per heavy atom. The van der Waals surface area contributed by atoms with Crippen molar-refractivity contribution in [2.75, 3.05) is 11.9 Å². The number of carbonyl (C=O) groups excluding carboxylic acids is 1. The first-order valence-corrected chi connectivity index (χ1v) is 10.6. The summed E-state index contributed by atoms with van der Waals surface area (Å²) in [7, 11) is 0. The number of para-hydroxylation sites is 1. The van der Waals surface area contributed by atoms with Gasteiger partial charge in [0.1, 0.15) is 11.3 Å². The van der Waals surface area contributed by atoms with Crippen LogP contribution in [0, 0.1) is 6.92 Å². The topological polar surface area (TPSA) is 140 Å². The first-order valence-electron chi connectivity index (χ1n) is 10.6. The second-order valence-corrected chi connectivity index (χ2v) is 8.18. The molecule has 0 spiro atoms. The molecule has 180 valence electrons. The second kappa shape index (κ2) is 8.93. The minimum atomic E-state index is -5.08. The highest BCUT2D eigenvalue weighted by Crippen LogP contribution is 2.31. The Morgan fingerprint density at radius 1 is 1.21 bits per heavy atom. The first-order chi connectivity index (χ1) is 16.0. The zero-order chi connectivity index (χ0) is 24.6. The molecule has 0 saturated heterocycles. The summed E-state index contributed by atoms with van der Waals surface area (Å²) in [5.74, 6) is -2.04. The Kier molecular flexibility index (Phi) is 6.17. The van der Waals surface area contributed by atoms with Crippen molar-refractivity contribution in [3.05, 3.63) is 41.2 Å². The average Bonchev–Trinajstić information content (AvgIpc) is 3.18. The van der Waals surface area contributed by atoms with Gasteiger partial charge in [-0.2, -0.15) is 13.2 Å². The van der Waals surface area contributed by atoms with E-state index >= 15 is 0 Å². The number of carboxylic acids is 1. The van der Waals surface area contributed by atoms with Crippen LogP contribution in [0.2, 0.25) is 0 Å². The highest BCUT2D eigenvalue weighted by atomic mass is 19.4. The fourth-order valence-electron chi connectivity index (χ4n) is 3.86. The number of hydrogen-bond donors (Lipinski definition) is 5. The van der Waals surface area contributed by atoms with Crippen molar-refractivity contribution in [3.63, 3.8) is 0 Å². The molecule has 5 rings (SSSR count). The summed E-state index contributed by atoms with van der Waals surface area (Å²) in [5.41, 5.74) is 5.93. The number of halogens is 3. The number of amides is 1. The zero-order valence-electron chi connectivity index (χ0n) is 18.0. The minimum absolute atomic E-state index is 0.0354. The molecule has 5 N–H and O–H groups in total. The van der Waals surface area contributed by atoms with Gasteiger partial charge in [0.05, 0.1) is 22.9 Å². The van der Waals surface area contributed by atoms with E-state index in [4.69, 9.17) is 19.9 Å². The van der Waals surface area contributed by atoms with Crippen LogP contribution < -0.4 is 10.6 Å². The smallest absolute Gasteiger partial charge is 0.475 e. The van der Waals surface area contributed by atoms with Crippen LogP contribution in [0.15, 0.2) is 24.3 Å². The van der Waals surface area contributed by atoms with Gasteiger partial charge < -0.3 is 25.8 Å². The Balaban J connectivity index is 0.000000344. The number of aliphatic carboxylic acids is 1. The van der Waals surface area contributed by atoms with Gasteiger partial charge in [0.25, 0.3) is 5.91 Å². The van der Waals surface area contributed by atoms with Gasteiger partial charge in [0, 0.05) is 36.0 Å². The van der Waals surface area contributed by atoms with E-state index in [1.165, 1.54) is 0 Å². The highest BCUT2D eigenvalue weighted by Gasteiger charge is 2.38. The van der Waals surface area contributed by atoms with E-state index in [1.807, 2.05) is 31.2 Å². The number of aromatic amines is 1. The molecule has 1 aliphatic carbocycles. The average molecular weight is 477 g/mol. The van der Waals surface area contributed by atoms with Crippen molar-refractivity contribution in [1.29, 1.82) is 0 Å². The number of fused-ring (bicyclic) bond motifs is 2. The normalized spacial score (nSPS) is 19.4. The third-order valence-electron chi connectivity index (χ3n) is 5.66. The molecule has 0 atom stereocenters. The summed E-state index contributed by atoms with van der Waals surface area (Å²) in [6.45, 7) is 2.59. The number of aromatic nitrogens is 3. The molecule has 2 aliphatic rings. The quantitative estimate of drug-likeness (QED) is 0.391. The number of aryl methyl sites for hydroxylation is 1. The van der Waals surface area contributed by atoms with E-state index in [0.717, 1.165) is 58.8 Å². The number of hydrogen-bond acceptors (Lipinski definition) is 6. The van der Waals surface area contributed by atoms with Gasteiger partial charge in [-0.3, -0.25) is 4.79 Å². The molecule has 0 bridgehead atoms. The number of benzene rings is 1. The van der Waals surface area contributed by atoms with Crippen molar-refractivity contribution in [1.82, 2.24) is 20.3 Å². The summed E-state index contributed by atoms with van der Waals surface area (Å²) in [6, 6.07) is 8.04. The molecule has 3 heterocycles. The van der Waals surface area contributed by atoms with Crippen molar-refractivity contribution < 1.29 is 33.0 Å². The van der Waals surface area contributed by atoms with Crippen LogP contribution >= 0.6 is 0 Å². The minimum Gasteiger partial charge on any atom is -0.475 e. The van der Waals surface area contributed by atoms with Gasteiger partial charge in [-0.15, -0.1) is 0 Å². The largest absolute Gasteiger partial charge is 0.490 e. The summed E-state index contributed by atoms with van der Waals surface area (Å²) >= 11 is 0. The molecule has 1 saturated carbocycles. The fraction of sp³-hybridized carbons (Fsp3) is 0.364. The number of anilines is 1. The molecule has 2 aromatic heterocycles. The molecule has 34 heavy (non-hydrogen) atoms. The number of alkyl halides is 3. The molecule has 1 aromatic carbocycles. The van der Waals surface area contributed by atoms with Crippen LogP contribution in [0.1, 0.15) is 34.6 Å². The maximum atomic E-state index is 12.1. The molecular formula is C22H22F3N5O4. The number of carboxylic acid groups (broad SMARTS) is 1. The molecular weight excluding hydrogens is 455 g/mol. The lowest BCUT2D eigenvalue weighted by Crippen LogP contribution is -2.39. The maximum absolute atomic E-state index is 12.1. The molecule has 1 aliphatic heterocycles. The van der Waals surface area contributed by atoms with E-state index in [0.29, 0.717) is 12.1 Å². The van der Waals surface area contributed by atoms with Crippen molar-refractivity contribution in [3.8, 4) is 11.3 Å². The van der Waals surface area contributed by atoms with Crippen LogP contribution in [-0.2, 0) is 11.2 Å². The fourth-order valence-corrected chi connectivity index (χ4v) is 3.86. The molecule has 0 radical (unpaired) electrons. The van der Waals surface area contributed by atoms with Crippen LogP contribution in [-0.4, -0.2) is 61.9 Å². The predicted octanol–water partition coefficient (Wildman–Crippen LogP) is 2.79. The number of aliphatic hydroxyl groups is 1. The van der Waals surface area contributed by atoms with E-state index in [-0.39, 0.29) is 18.1 Å². The summed E-state index contributed by atoms with van der Waals surface area (Å²) in [5, 5.41) is 22.9. The number of nitrogens with zero attached hydrogens (tertiary/aromatic N) is 2. The lowest BCUT2D eigenvalue weighted by Gasteiger charge is -2.32. The van der Waals surface area contributed by atoms with Gasteiger partial charge in [0.2, 0.25) is 0 Å². The molecule has 12 heteroatoms. The Bertz CT molecular complexity index is 1250. The van der Waals surface area contributed by atoms with Crippen molar-refractivity contribution in [2.45, 2.75) is 44.5 Å². The predicted molar refractivity (Wildman–Crippen MR) is 116 cm³/mol. The van der Waals surface area contributed by atoms with Crippen LogP contribution in [0.3, 0.4) is 0 Å². The third kappa shape index (κ3) is 4.81. The Hall–Kier alpha value is -3.67. The van der Waals surface area contributed by atoms with Crippen LogP contribution in [0.25, 0.3) is 22.3 Å². The molecule has 3 aromatic rings. The lowest BCUT2D eigenvalue weighted by atomic mass is 9.89. The van der Waals surface area contributed by atoms with E-state index in [9.17, 15) is 23.1 Å². The summed E-state index contributed by atoms with van der Waals surface area (Å²) < 4.78 is 31.7. The van der Waals surface area contributed by atoms with Gasteiger partial charge >= 0.3 is 12.1 Å². The number of aliphatic hydroxyl groups excluding tert-OH is 1. The van der Waals surface area contributed by atoms with Gasteiger partial charge in [-0.25, -0.2) is 14.8 Å². The standard InChI is InChI=1S/C20H21N5O2.C2HF3O2/c1-10-19(23-11-7-12(26)8-11)25-18-13(3-2-4-16(18)22-10)17-9-14-15(24-17)5-6-21-20(14)27;3-2(4,5)1(6)7/h2-4,9,11-12,24,26H,5-8H2,1H3,(H,21,27)(H,23,25);(H,6,7)/t11-,12-;. The molecule has 0 unspecified atom stereocenters. The lowest BCUT2D eigenvalue weighted by molar-refractivity contribution is -0.192. The van der Waals surface area contributed by atoms with Gasteiger partial charge in [-0.05, 0) is 31.9 Å². The zero-order valence-corrected chi connectivity index (χ0v) is 18.0. The van der Waals surface area contributed by atoms with Crippen LogP contribution in [0.4, 0.5) is 19.0 Å². The Morgan fingerprint density at radius 3 is 2.53 bits per heavy atom. The number of nitrogens with one attached hydrogen (secondary N) is 3. The van der Waals surface area contributed by atoms with E-state index < -0.39 is 12.1 Å². The molecule has 1 fully saturated rings. The Labute approximate surface area is 191 Å². The van der Waals surface area contributed by atoms with Crippen molar-refractivity contribution in [2.24, 2.45) is 0 Å². The maximum Gasteiger partial charge on any atom is 0.490 e. The monoisotopic (exact) mass is 477 g/mol. The van der Waals surface area contributed by atoms with E-state index in [2.05, 4.69) is 15.6 Å². The van der Waals surface area contributed by atoms with Gasteiger partial charge in [-0.1, -0.05) is 12.1 Å². The van der Waals surface area contributed by atoms with E-state index in [1.54, 1.807) is 0 Å². The third-order valence-corrected chi connectivity index (χ3v) is 5.66. The van der Waals surface area contributed by atoms with Gasteiger partial charge in [0.15, 0.2) is 0 Å². The summed E-state index contributed by atoms with van der Waals surface area (Å²) in [4.78, 5) is 33.9. The SMILES string of the molecule is Cc1nc2cccc(-c3cc4c([nH]3)CCNC4=O)c2nc1N[C@H]1C[C@H](O)C1.O=C(O)C(F)(F)F. The molecule has 1 amide bonds. The molecule has 9 nitrogen and oxygen atoms in total. The number of rotatable bonds is 3.